The lowest BCUT2D eigenvalue weighted by molar-refractivity contribution is -0.139. The van der Waals surface area contributed by atoms with Crippen molar-refractivity contribution in [2.24, 2.45) is 5.10 Å². The van der Waals surface area contributed by atoms with Gasteiger partial charge >= 0.3 is 14.0 Å². The van der Waals surface area contributed by atoms with Crippen LogP contribution in [0.4, 0.5) is 13.2 Å². The number of nitriles is 1. The van der Waals surface area contributed by atoms with Gasteiger partial charge in [-0.15, -0.1) is 0 Å². The normalized spacial score (nSPS) is 12.6. The van der Waals surface area contributed by atoms with Crippen LogP contribution in [-0.2, 0) is 15.3 Å². The summed E-state index contributed by atoms with van der Waals surface area (Å²) in [7, 11) is -3.17. The molecule has 212 valence electrons. The minimum Gasteiger partial charge on any atom is -0.494 e. The van der Waals surface area contributed by atoms with Crippen LogP contribution in [0.3, 0.4) is 0 Å². The van der Waals surface area contributed by atoms with Gasteiger partial charge in [0.25, 0.3) is 0 Å². The molecule has 0 spiro atoms. The summed E-state index contributed by atoms with van der Waals surface area (Å²) in [6, 6.07) is 11.5. The van der Waals surface area contributed by atoms with E-state index in [1.54, 1.807) is 24.3 Å². The largest absolute Gasteiger partial charge is 0.494 e. The number of nitrogens with zero attached hydrogens (tertiary/aromatic N) is 2. The Bertz CT molecular complexity index is 1220. The molecule has 0 aliphatic carbocycles. The van der Waals surface area contributed by atoms with E-state index in [0.717, 1.165) is 6.07 Å². The summed E-state index contributed by atoms with van der Waals surface area (Å²) in [5, 5.41) is 15.4. The molecule has 0 aliphatic heterocycles. The number of thiocarbonyl (C=S) groups is 1. The fourth-order valence-electron chi connectivity index (χ4n) is 3.06. The maximum Gasteiger partial charge on any atom is 0.469 e. The first-order valence-electron chi connectivity index (χ1n) is 11.6. The van der Waals surface area contributed by atoms with Crippen LogP contribution in [0.15, 0.2) is 47.6 Å². The average molecular weight is 589 g/mol. The zero-order valence-electron chi connectivity index (χ0n) is 20.8. The van der Waals surface area contributed by atoms with E-state index in [0.29, 0.717) is 37.2 Å². The lowest BCUT2D eigenvalue weighted by atomic mass is 10.1. The number of ether oxygens (including phenoxy) is 2. The molecular weight excluding hydrogens is 560 g/mol. The summed E-state index contributed by atoms with van der Waals surface area (Å²) >= 11 is 5.12. The Hall–Kier alpha value is -3.05. The molecule has 1 atom stereocenters. The van der Waals surface area contributed by atoms with Gasteiger partial charge in [-0.25, -0.2) is 4.57 Å². The Morgan fingerprint density at radius 3 is 2.54 bits per heavy atom. The van der Waals surface area contributed by atoms with Gasteiger partial charge in [0.15, 0.2) is 0 Å². The number of phosphoric acid groups is 1. The van der Waals surface area contributed by atoms with Gasteiger partial charge in [0, 0.05) is 11.8 Å². The van der Waals surface area contributed by atoms with Gasteiger partial charge in [-0.2, -0.15) is 23.5 Å². The van der Waals surface area contributed by atoms with Crippen molar-refractivity contribution in [2.75, 3.05) is 26.9 Å². The molecule has 0 radical (unpaired) electrons. The maximum atomic E-state index is 13.7. The summed E-state index contributed by atoms with van der Waals surface area (Å²) in [4.78, 5) is 17.4. The highest BCUT2D eigenvalue weighted by molar-refractivity contribution is 7.80. The molecule has 10 nitrogen and oxygen atoms in total. The number of alkyl halides is 3. The number of phosphoric ester groups is 1. The minimum atomic E-state index is -4.69. The summed E-state index contributed by atoms with van der Waals surface area (Å²) in [6.45, 7) is 0.0731. The third kappa shape index (κ3) is 12.1. The lowest BCUT2D eigenvalue weighted by Crippen LogP contribution is -2.32. The molecule has 0 saturated heterocycles. The lowest BCUT2D eigenvalue weighted by Gasteiger charge is -2.16. The van der Waals surface area contributed by atoms with E-state index in [-0.39, 0.29) is 22.9 Å². The van der Waals surface area contributed by atoms with Crippen molar-refractivity contribution in [3.63, 3.8) is 0 Å². The second-order valence-corrected chi connectivity index (χ2v) is 9.65. The van der Waals surface area contributed by atoms with E-state index in [1.165, 1.54) is 25.4 Å². The van der Waals surface area contributed by atoms with Crippen molar-refractivity contribution in [2.45, 2.75) is 31.5 Å². The van der Waals surface area contributed by atoms with Crippen LogP contribution >= 0.6 is 20.0 Å². The van der Waals surface area contributed by atoms with Crippen LogP contribution < -0.4 is 20.2 Å². The smallest absolute Gasteiger partial charge is 0.469 e. The molecule has 2 rings (SSSR count). The number of hydrogen-bond acceptors (Lipinski definition) is 8. The van der Waals surface area contributed by atoms with E-state index < -0.39 is 32.2 Å². The molecule has 0 aromatic heterocycles. The van der Waals surface area contributed by atoms with Gasteiger partial charge in [-0.05, 0) is 62.7 Å². The number of unbranched alkanes of at least 4 members (excludes halogenated alkanes) is 2. The monoisotopic (exact) mass is 588 g/mol. The highest BCUT2D eigenvalue weighted by Gasteiger charge is 2.35. The van der Waals surface area contributed by atoms with Gasteiger partial charge < -0.3 is 24.6 Å². The Morgan fingerprint density at radius 1 is 1.18 bits per heavy atom. The molecule has 15 heteroatoms. The highest BCUT2D eigenvalue weighted by Crippen LogP contribution is 2.37. The zero-order valence-corrected chi connectivity index (χ0v) is 22.6. The third-order valence-electron chi connectivity index (χ3n) is 5.04. The van der Waals surface area contributed by atoms with Crippen molar-refractivity contribution in [3.8, 4) is 17.6 Å². The molecule has 0 bridgehead atoms. The summed E-state index contributed by atoms with van der Waals surface area (Å²) in [5.74, 6) is 0.251. The molecule has 0 heterocycles. The van der Waals surface area contributed by atoms with Crippen LogP contribution in [0.25, 0.3) is 0 Å². The first-order chi connectivity index (χ1) is 18.4. The topological polar surface area (TPSA) is 145 Å². The van der Waals surface area contributed by atoms with Crippen LogP contribution in [-0.4, -0.2) is 53.9 Å². The predicted octanol–water partition coefficient (Wildman–Crippen LogP) is 4.15. The Balaban J connectivity index is 1.86. The van der Waals surface area contributed by atoms with Crippen LogP contribution in [0.5, 0.6) is 11.5 Å². The number of rotatable bonds is 15. The summed E-state index contributed by atoms with van der Waals surface area (Å²) < 4.78 is 67.2. The van der Waals surface area contributed by atoms with E-state index in [2.05, 4.69) is 20.4 Å². The first kappa shape index (κ1) is 32.2. The van der Waals surface area contributed by atoms with Crippen molar-refractivity contribution in [3.05, 3.63) is 59.2 Å². The second kappa shape index (κ2) is 15.5. The molecule has 1 unspecified atom stereocenters. The van der Waals surface area contributed by atoms with Crippen molar-refractivity contribution in [1.29, 1.82) is 5.26 Å². The molecule has 0 fully saturated rings. The molecule has 0 aliphatic rings. The van der Waals surface area contributed by atoms with E-state index in [1.807, 2.05) is 6.07 Å². The Labute approximate surface area is 229 Å². The molecule has 0 saturated carbocycles. The number of halogens is 3. The number of nitrogens with one attached hydrogen (secondary N) is 2. The third-order valence-corrected chi connectivity index (χ3v) is 5.85. The van der Waals surface area contributed by atoms with Crippen LogP contribution in [0, 0.1) is 11.3 Å². The standard InChI is InChI=1S/C24H28F3N4O6PS/c1-29-19(16-37-38(32,33)34)15-30-31-23(39)18-8-9-22(21(13-18)24(25,26)27)36-11-4-2-3-10-35-20-7-5-6-17(12-20)14-28/h5-9,12-13,15,19,29H,2-4,10-11,16H2,1H3,(H,31,39)(H2,32,33,34)/b30-15+. The van der Waals surface area contributed by atoms with Crippen molar-refractivity contribution >= 4 is 31.2 Å². The summed E-state index contributed by atoms with van der Waals surface area (Å²) in [5.41, 5.74) is 1.97. The number of benzene rings is 2. The van der Waals surface area contributed by atoms with Crippen molar-refractivity contribution < 1.29 is 41.5 Å². The average Bonchev–Trinajstić information content (AvgIpc) is 2.89. The minimum absolute atomic E-state index is 0.0481. The van der Waals surface area contributed by atoms with Gasteiger partial charge in [-0.1, -0.05) is 18.3 Å². The SMILES string of the molecule is CNC(/C=N/NC(=S)c1ccc(OCCCCCOc2cccc(C#N)c2)c(C(F)(F)F)c1)COP(=O)(O)O. The maximum absolute atomic E-state index is 13.7. The Morgan fingerprint density at radius 2 is 1.90 bits per heavy atom. The predicted molar refractivity (Wildman–Crippen MR) is 142 cm³/mol. The molecule has 4 N–H and O–H groups in total. The molecule has 39 heavy (non-hydrogen) atoms. The van der Waals surface area contributed by atoms with Crippen molar-refractivity contribution in [1.82, 2.24) is 10.7 Å². The quantitative estimate of drug-likeness (QED) is 0.0787. The molecule has 2 aromatic carbocycles. The van der Waals surface area contributed by atoms with Gasteiger partial charge in [-0.3, -0.25) is 9.95 Å². The van der Waals surface area contributed by atoms with E-state index in [9.17, 15) is 17.7 Å². The first-order valence-corrected chi connectivity index (χ1v) is 13.5. The molecular formula is C24H28F3N4O6PS. The fraction of sp³-hybridized carbons (Fsp3) is 0.375. The zero-order chi connectivity index (χ0) is 28.9. The van der Waals surface area contributed by atoms with E-state index >= 15 is 0 Å². The highest BCUT2D eigenvalue weighted by atomic mass is 32.1. The molecule has 0 amide bonds. The van der Waals surface area contributed by atoms with E-state index in [4.69, 9.17) is 36.7 Å². The van der Waals surface area contributed by atoms with Gasteiger partial charge in [0.2, 0.25) is 0 Å². The van der Waals surface area contributed by atoms with Gasteiger partial charge in [0.1, 0.15) is 16.5 Å². The van der Waals surface area contributed by atoms with Gasteiger partial charge in [0.05, 0.1) is 43.1 Å². The second-order valence-electron chi connectivity index (χ2n) is 8.01. The van der Waals surface area contributed by atoms with Crippen LogP contribution in [0.2, 0.25) is 0 Å². The molecule has 2 aromatic rings. The number of likely N-dealkylation sites (N-methyl/N-ethyl adjacent to an activating group) is 1. The number of hydrogen-bond donors (Lipinski definition) is 4. The fourth-order valence-corrected chi connectivity index (χ4v) is 3.59. The number of hydrazone groups is 1. The summed E-state index contributed by atoms with van der Waals surface area (Å²) in [6.07, 6.45) is -1.65. The van der Waals surface area contributed by atoms with Crippen LogP contribution in [0.1, 0.15) is 36.0 Å². The Kier molecular flexibility index (Phi) is 12.8.